The summed E-state index contributed by atoms with van der Waals surface area (Å²) in [4.78, 5) is 15.5. The van der Waals surface area contributed by atoms with Gasteiger partial charge in [-0.2, -0.15) is 0 Å². The average Bonchev–Trinajstić information content (AvgIpc) is 3.04. The molecule has 2 aromatic carbocycles. The van der Waals surface area contributed by atoms with E-state index >= 15 is 0 Å². The second kappa shape index (κ2) is 7.98. The number of carbonyl (C=O) groups is 1. The average molecular weight is 380 g/mol. The highest BCUT2D eigenvalue weighted by Gasteiger charge is 2.60. The van der Waals surface area contributed by atoms with Crippen molar-refractivity contribution in [1.29, 1.82) is 0 Å². The maximum atomic E-state index is 13.4. The number of hydrogen-bond acceptors (Lipinski definition) is 2. The molecule has 150 valence electrons. The topological polar surface area (TPSA) is 29.5 Å². The highest BCUT2D eigenvalue weighted by atomic mass is 16.6. The molecule has 3 rings (SSSR count). The van der Waals surface area contributed by atoms with Gasteiger partial charge in [0.05, 0.1) is 6.04 Å². The molecule has 0 aliphatic carbocycles. The van der Waals surface area contributed by atoms with Crippen molar-refractivity contribution in [3.63, 3.8) is 0 Å². The van der Waals surface area contributed by atoms with Gasteiger partial charge in [-0.15, -0.1) is 0 Å². The number of cyclic esters (lactones) is 1. The Morgan fingerprint density at radius 3 is 1.89 bits per heavy atom. The van der Waals surface area contributed by atoms with E-state index in [2.05, 4.69) is 63.8 Å². The summed E-state index contributed by atoms with van der Waals surface area (Å²) < 4.78 is 6.39. The maximum absolute atomic E-state index is 13.4. The molecule has 0 aromatic heterocycles. The quantitative estimate of drug-likeness (QED) is 0.559. The van der Waals surface area contributed by atoms with E-state index in [1.807, 2.05) is 36.4 Å². The summed E-state index contributed by atoms with van der Waals surface area (Å²) in [6.07, 6.45) is 2.69. The SMILES string of the molecule is CCCC(C)(CC)N1C(=O)OC(c2ccccc2)(c2ccccc2)C1C(C)C. The van der Waals surface area contributed by atoms with Crippen molar-refractivity contribution in [3.05, 3.63) is 71.8 Å². The molecular formula is C25H33NO2. The molecule has 3 nitrogen and oxygen atoms in total. The van der Waals surface area contributed by atoms with Gasteiger partial charge in [0.25, 0.3) is 0 Å². The van der Waals surface area contributed by atoms with E-state index in [0.29, 0.717) is 0 Å². The summed E-state index contributed by atoms with van der Waals surface area (Å²) in [6.45, 7) is 11.0. The van der Waals surface area contributed by atoms with E-state index in [1.54, 1.807) is 0 Å². The molecule has 1 heterocycles. The van der Waals surface area contributed by atoms with Crippen LogP contribution in [0.2, 0.25) is 0 Å². The Morgan fingerprint density at radius 2 is 1.50 bits per heavy atom. The third kappa shape index (κ3) is 3.21. The van der Waals surface area contributed by atoms with Gasteiger partial charge in [0, 0.05) is 16.7 Å². The van der Waals surface area contributed by atoms with Crippen LogP contribution in [0.15, 0.2) is 60.7 Å². The molecule has 1 aliphatic heterocycles. The van der Waals surface area contributed by atoms with E-state index in [0.717, 1.165) is 30.4 Å². The van der Waals surface area contributed by atoms with Crippen LogP contribution in [0.1, 0.15) is 65.0 Å². The molecule has 1 fully saturated rings. The minimum Gasteiger partial charge on any atom is -0.431 e. The standard InChI is InChI=1S/C25H33NO2/c1-6-18-24(5,7-2)26-22(19(3)4)25(28-23(26)27,20-14-10-8-11-15-20)21-16-12-9-13-17-21/h8-17,19,22H,6-7,18H2,1-5H3. The number of hydrogen-bond donors (Lipinski definition) is 0. The lowest BCUT2D eigenvalue weighted by Gasteiger charge is -2.45. The molecule has 28 heavy (non-hydrogen) atoms. The number of amides is 1. The molecule has 1 saturated heterocycles. The number of nitrogens with zero attached hydrogens (tertiary/aromatic N) is 1. The molecule has 1 amide bonds. The van der Waals surface area contributed by atoms with Crippen molar-refractivity contribution in [1.82, 2.24) is 4.90 Å². The van der Waals surface area contributed by atoms with Crippen LogP contribution in [0.25, 0.3) is 0 Å². The second-order valence-electron chi connectivity index (χ2n) is 8.50. The largest absolute Gasteiger partial charge is 0.431 e. The van der Waals surface area contributed by atoms with Gasteiger partial charge in [-0.05, 0) is 25.7 Å². The minimum atomic E-state index is -0.808. The molecule has 2 unspecified atom stereocenters. The van der Waals surface area contributed by atoms with Gasteiger partial charge in [0.15, 0.2) is 5.60 Å². The summed E-state index contributed by atoms with van der Waals surface area (Å²) in [6, 6.07) is 20.4. The van der Waals surface area contributed by atoms with Crippen molar-refractivity contribution in [2.24, 2.45) is 5.92 Å². The van der Waals surface area contributed by atoms with Gasteiger partial charge < -0.3 is 4.74 Å². The molecule has 1 aliphatic rings. The van der Waals surface area contributed by atoms with Gasteiger partial charge >= 0.3 is 6.09 Å². The predicted octanol–water partition coefficient (Wildman–Crippen LogP) is 6.38. The Hall–Kier alpha value is -2.29. The summed E-state index contributed by atoms with van der Waals surface area (Å²) in [7, 11) is 0. The zero-order valence-electron chi connectivity index (χ0n) is 17.8. The van der Waals surface area contributed by atoms with Crippen LogP contribution in [-0.2, 0) is 10.3 Å². The molecule has 0 spiro atoms. The van der Waals surface area contributed by atoms with Gasteiger partial charge in [-0.25, -0.2) is 4.79 Å². The van der Waals surface area contributed by atoms with Crippen LogP contribution < -0.4 is 0 Å². The van der Waals surface area contributed by atoms with E-state index < -0.39 is 5.60 Å². The Labute approximate surface area is 169 Å². The third-order valence-electron chi connectivity index (χ3n) is 6.31. The monoisotopic (exact) mass is 379 g/mol. The first kappa shape index (κ1) is 20.4. The van der Waals surface area contributed by atoms with Crippen LogP contribution in [0.5, 0.6) is 0 Å². The Morgan fingerprint density at radius 1 is 1.00 bits per heavy atom. The normalized spacial score (nSPS) is 20.9. The lowest BCUT2D eigenvalue weighted by atomic mass is 9.74. The predicted molar refractivity (Wildman–Crippen MR) is 114 cm³/mol. The fourth-order valence-corrected chi connectivity index (χ4v) is 4.87. The molecule has 2 atom stereocenters. The van der Waals surface area contributed by atoms with Crippen molar-refractivity contribution in [2.45, 2.75) is 71.1 Å². The fourth-order valence-electron chi connectivity index (χ4n) is 4.87. The first-order valence-corrected chi connectivity index (χ1v) is 10.5. The molecule has 0 N–H and O–H groups in total. The lowest BCUT2D eigenvalue weighted by Crippen LogP contribution is -2.56. The van der Waals surface area contributed by atoms with E-state index in [9.17, 15) is 4.79 Å². The second-order valence-corrected chi connectivity index (χ2v) is 8.50. The van der Waals surface area contributed by atoms with Crippen molar-refractivity contribution < 1.29 is 9.53 Å². The first-order valence-electron chi connectivity index (χ1n) is 10.5. The zero-order chi connectivity index (χ0) is 20.4. The summed E-state index contributed by atoms with van der Waals surface area (Å²) in [5, 5.41) is 0. The highest BCUT2D eigenvalue weighted by molar-refractivity contribution is 5.75. The summed E-state index contributed by atoms with van der Waals surface area (Å²) in [5.41, 5.74) is 1.03. The Bertz CT molecular complexity index is 747. The minimum absolute atomic E-state index is 0.0821. The van der Waals surface area contributed by atoms with E-state index in [1.165, 1.54) is 0 Å². The number of carbonyl (C=O) groups excluding carboxylic acids is 1. The maximum Gasteiger partial charge on any atom is 0.411 e. The van der Waals surface area contributed by atoms with E-state index in [-0.39, 0.29) is 23.6 Å². The van der Waals surface area contributed by atoms with Crippen LogP contribution in [-0.4, -0.2) is 22.6 Å². The van der Waals surface area contributed by atoms with Gasteiger partial charge in [-0.3, -0.25) is 4.90 Å². The number of ether oxygens (including phenoxy) is 1. The Kier molecular flexibility index (Phi) is 5.83. The highest BCUT2D eigenvalue weighted by Crippen LogP contribution is 2.50. The summed E-state index contributed by atoms with van der Waals surface area (Å²) >= 11 is 0. The molecule has 2 aromatic rings. The lowest BCUT2D eigenvalue weighted by molar-refractivity contribution is 0.0397. The molecular weight excluding hydrogens is 346 g/mol. The number of rotatable bonds is 7. The first-order chi connectivity index (χ1) is 13.4. The van der Waals surface area contributed by atoms with Crippen LogP contribution >= 0.6 is 0 Å². The van der Waals surface area contributed by atoms with Crippen molar-refractivity contribution >= 4 is 6.09 Å². The molecule has 0 saturated carbocycles. The Balaban J connectivity index is 2.27. The molecule has 3 heteroatoms. The van der Waals surface area contributed by atoms with Crippen LogP contribution in [0, 0.1) is 5.92 Å². The molecule has 0 bridgehead atoms. The van der Waals surface area contributed by atoms with Crippen LogP contribution in [0.4, 0.5) is 4.79 Å². The van der Waals surface area contributed by atoms with E-state index in [4.69, 9.17) is 4.74 Å². The van der Waals surface area contributed by atoms with Crippen molar-refractivity contribution in [2.75, 3.05) is 0 Å². The van der Waals surface area contributed by atoms with Gasteiger partial charge in [0.2, 0.25) is 0 Å². The zero-order valence-corrected chi connectivity index (χ0v) is 17.8. The van der Waals surface area contributed by atoms with Crippen LogP contribution in [0.3, 0.4) is 0 Å². The van der Waals surface area contributed by atoms with Crippen molar-refractivity contribution in [3.8, 4) is 0 Å². The van der Waals surface area contributed by atoms with Gasteiger partial charge in [-0.1, -0.05) is 94.8 Å². The van der Waals surface area contributed by atoms with Gasteiger partial charge in [0.1, 0.15) is 0 Å². The number of benzene rings is 2. The summed E-state index contributed by atoms with van der Waals surface area (Å²) in [5.74, 6) is 0.231. The smallest absolute Gasteiger partial charge is 0.411 e. The molecule has 0 radical (unpaired) electrons. The third-order valence-corrected chi connectivity index (χ3v) is 6.31. The fraction of sp³-hybridized carbons (Fsp3) is 0.480.